The summed E-state index contributed by atoms with van der Waals surface area (Å²) >= 11 is 11.8. The summed E-state index contributed by atoms with van der Waals surface area (Å²) in [4.78, 5) is 24.9. The molecule has 0 saturated heterocycles. The third-order valence-electron chi connectivity index (χ3n) is 3.26. The number of anilines is 1. The van der Waals surface area contributed by atoms with Crippen LogP contribution in [0.15, 0.2) is 48.5 Å². The first-order valence-corrected chi connectivity index (χ1v) is 7.74. The molecule has 0 saturated carbocycles. The molecular formula is C17H15Cl2NO3. The van der Waals surface area contributed by atoms with Crippen LogP contribution in [-0.2, 0) is 16.0 Å². The zero-order chi connectivity index (χ0) is 16.8. The number of hydrogen-bond donors (Lipinski definition) is 1. The second kappa shape index (κ2) is 7.99. The number of halogens is 2. The van der Waals surface area contributed by atoms with E-state index >= 15 is 0 Å². The molecule has 4 nitrogen and oxygen atoms in total. The standard InChI is InChI=1S/C17H15Cl2NO3/c18-14-7-6-12(10-15(14)19)11-16(21)20(9-8-17(22)23)13-4-2-1-3-5-13/h1-7,10H,8-9,11H2,(H,22,23). The van der Waals surface area contributed by atoms with Crippen LogP contribution >= 0.6 is 23.2 Å². The summed E-state index contributed by atoms with van der Waals surface area (Å²) in [6.07, 6.45) is -0.00654. The smallest absolute Gasteiger partial charge is 0.305 e. The van der Waals surface area contributed by atoms with Gasteiger partial charge in [0, 0.05) is 12.2 Å². The van der Waals surface area contributed by atoms with Gasteiger partial charge in [0.05, 0.1) is 22.9 Å². The van der Waals surface area contributed by atoms with Crippen LogP contribution in [0.4, 0.5) is 5.69 Å². The van der Waals surface area contributed by atoms with Crippen molar-refractivity contribution in [2.24, 2.45) is 0 Å². The Bertz CT molecular complexity index is 704. The van der Waals surface area contributed by atoms with Crippen molar-refractivity contribution in [1.29, 1.82) is 0 Å². The van der Waals surface area contributed by atoms with Crippen molar-refractivity contribution >= 4 is 40.8 Å². The van der Waals surface area contributed by atoms with Crippen molar-refractivity contribution in [3.63, 3.8) is 0 Å². The Kier molecular flexibility index (Phi) is 6.02. The van der Waals surface area contributed by atoms with Gasteiger partial charge in [-0.25, -0.2) is 0 Å². The van der Waals surface area contributed by atoms with E-state index in [0.29, 0.717) is 15.7 Å². The summed E-state index contributed by atoms with van der Waals surface area (Å²) in [6, 6.07) is 14.0. The fourth-order valence-electron chi connectivity index (χ4n) is 2.13. The van der Waals surface area contributed by atoms with Crippen molar-refractivity contribution in [2.75, 3.05) is 11.4 Å². The largest absolute Gasteiger partial charge is 0.481 e. The fourth-order valence-corrected chi connectivity index (χ4v) is 2.45. The average molecular weight is 352 g/mol. The van der Waals surface area contributed by atoms with Crippen molar-refractivity contribution in [3.05, 3.63) is 64.1 Å². The third-order valence-corrected chi connectivity index (χ3v) is 4.00. The molecule has 0 fully saturated rings. The number of para-hydroxylation sites is 1. The number of hydrogen-bond acceptors (Lipinski definition) is 2. The molecule has 1 amide bonds. The van der Waals surface area contributed by atoms with Crippen LogP contribution in [0.3, 0.4) is 0 Å². The molecule has 0 bridgehead atoms. The maximum Gasteiger partial charge on any atom is 0.305 e. The van der Waals surface area contributed by atoms with Gasteiger partial charge in [0.15, 0.2) is 0 Å². The predicted octanol–water partition coefficient (Wildman–Crippen LogP) is 4.04. The Morgan fingerprint density at radius 3 is 2.30 bits per heavy atom. The van der Waals surface area contributed by atoms with E-state index in [1.54, 1.807) is 42.5 Å². The highest BCUT2D eigenvalue weighted by molar-refractivity contribution is 6.42. The quantitative estimate of drug-likeness (QED) is 0.854. The minimum absolute atomic E-state index is 0.111. The Labute approximate surface area is 144 Å². The van der Waals surface area contributed by atoms with E-state index in [-0.39, 0.29) is 25.3 Å². The summed E-state index contributed by atoms with van der Waals surface area (Å²) in [6.45, 7) is 0.111. The second-order valence-electron chi connectivity index (χ2n) is 4.95. The van der Waals surface area contributed by atoms with E-state index in [2.05, 4.69) is 0 Å². The van der Waals surface area contributed by atoms with E-state index in [1.807, 2.05) is 6.07 Å². The number of carbonyl (C=O) groups excluding carboxylic acids is 1. The van der Waals surface area contributed by atoms with Crippen LogP contribution in [-0.4, -0.2) is 23.5 Å². The first kappa shape index (κ1) is 17.3. The molecule has 23 heavy (non-hydrogen) atoms. The maximum atomic E-state index is 12.6. The number of benzene rings is 2. The first-order chi connectivity index (χ1) is 11.0. The van der Waals surface area contributed by atoms with Crippen LogP contribution < -0.4 is 4.90 Å². The van der Waals surface area contributed by atoms with Gasteiger partial charge in [0.1, 0.15) is 0 Å². The lowest BCUT2D eigenvalue weighted by atomic mass is 10.1. The van der Waals surface area contributed by atoms with Crippen LogP contribution in [0.1, 0.15) is 12.0 Å². The number of carboxylic acid groups (broad SMARTS) is 1. The summed E-state index contributed by atoms with van der Waals surface area (Å²) in [5.41, 5.74) is 1.39. The topological polar surface area (TPSA) is 57.6 Å². The molecule has 2 aromatic carbocycles. The SMILES string of the molecule is O=C(O)CCN(C(=O)Cc1ccc(Cl)c(Cl)c1)c1ccccc1. The van der Waals surface area contributed by atoms with E-state index in [4.69, 9.17) is 28.3 Å². The minimum Gasteiger partial charge on any atom is -0.481 e. The zero-order valence-corrected chi connectivity index (χ0v) is 13.7. The molecule has 2 rings (SSSR count). The Morgan fingerprint density at radius 2 is 1.70 bits per heavy atom. The number of nitrogens with zero attached hydrogens (tertiary/aromatic N) is 1. The molecule has 120 valence electrons. The Balaban J connectivity index is 2.18. The van der Waals surface area contributed by atoms with Gasteiger partial charge in [0.2, 0.25) is 5.91 Å². The minimum atomic E-state index is -0.951. The lowest BCUT2D eigenvalue weighted by molar-refractivity contribution is -0.136. The molecule has 0 heterocycles. The second-order valence-corrected chi connectivity index (χ2v) is 5.76. The molecule has 0 aliphatic carbocycles. The van der Waals surface area contributed by atoms with Crippen LogP contribution in [0.25, 0.3) is 0 Å². The summed E-state index contributed by atoms with van der Waals surface area (Å²) in [5.74, 6) is -1.15. The normalized spacial score (nSPS) is 10.3. The molecule has 1 N–H and O–H groups in total. The van der Waals surface area contributed by atoms with Crippen molar-refractivity contribution in [1.82, 2.24) is 0 Å². The molecule has 6 heteroatoms. The molecule has 0 spiro atoms. The van der Waals surface area contributed by atoms with Gasteiger partial charge in [-0.2, -0.15) is 0 Å². The predicted molar refractivity (Wildman–Crippen MR) is 91.2 cm³/mol. The summed E-state index contributed by atoms with van der Waals surface area (Å²) in [7, 11) is 0. The van der Waals surface area contributed by atoms with Gasteiger partial charge < -0.3 is 10.0 Å². The highest BCUT2D eigenvalue weighted by atomic mass is 35.5. The highest BCUT2D eigenvalue weighted by Crippen LogP contribution is 2.23. The number of rotatable bonds is 6. The third kappa shape index (κ3) is 4.98. The van der Waals surface area contributed by atoms with Crippen molar-refractivity contribution in [3.8, 4) is 0 Å². The lowest BCUT2D eigenvalue weighted by Crippen LogP contribution is -2.34. The van der Waals surface area contributed by atoms with Crippen molar-refractivity contribution in [2.45, 2.75) is 12.8 Å². The highest BCUT2D eigenvalue weighted by Gasteiger charge is 2.17. The number of carboxylic acids is 1. The molecule has 2 aromatic rings. The van der Waals surface area contributed by atoms with E-state index < -0.39 is 5.97 Å². The van der Waals surface area contributed by atoms with Gasteiger partial charge in [-0.3, -0.25) is 9.59 Å². The van der Waals surface area contributed by atoms with Crippen molar-refractivity contribution < 1.29 is 14.7 Å². The zero-order valence-electron chi connectivity index (χ0n) is 12.2. The maximum absolute atomic E-state index is 12.6. The average Bonchev–Trinajstić information content (AvgIpc) is 2.52. The van der Waals surface area contributed by atoms with E-state index in [9.17, 15) is 9.59 Å². The molecular weight excluding hydrogens is 337 g/mol. The monoisotopic (exact) mass is 351 g/mol. The van der Waals surface area contributed by atoms with Crippen LogP contribution in [0.2, 0.25) is 10.0 Å². The van der Waals surface area contributed by atoms with Crippen LogP contribution in [0.5, 0.6) is 0 Å². The molecule has 0 aromatic heterocycles. The Hall–Kier alpha value is -2.04. The first-order valence-electron chi connectivity index (χ1n) is 6.98. The van der Waals surface area contributed by atoms with Gasteiger partial charge in [0.25, 0.3) is 0 Å². The molecule has 0 atom stereocenters. The van der Waals surface area contributed by atoms with Gasteiger partial charge in [-0.1, -0.05) is 47.5 Å². The van der Waals surface area contributed by atoms with E-state index in [0.717, 1.165) is 5.56 Å². The molecule has 0 unspecified atom stereocenters. The van der Waals surface area contributed by atoms with Gasteiger partial charge >= 0.3 is 5.97 Å². The molecule has 0 aliphatic rings. The van der Waals surface area contributed by atoms with Gasteiger partial charge in [-0.15, -0.1) is 0 Å². The van der Waals surface area contributed by atoms with Crippen LogP contribution in [0, 0.1) is 0 Å². The Morgan fingerprint density at radius 1 is 1.00 bits per heavy atom. The number of aliphatic carboxylic acids is 1. The molecule has 0 aliphatic heterocycles. The molecule has 0 radical (unpaired) electrons. The number of carbonyl (C=O) groups is 2. The van der Waals surface area contributed by atoms with E-state index in [1.165, 1.54) is 4.90 Å². The number of amides is 1. The summed E-state index contributed by atoms with van der Waals surface area (Å²) < 4.78 is 0. The lowest BCUT2D eigenvalue weighted by Gasteiger charge is -2.22. The van der Waals surface area contributed by atoms with Gasteiger partial charge in [-0.05, 0) is 29.8 Å². The fraction of sp³-hybridized carbons (Fsp3) is 0.176. The summed E-state index contributed by atoms with van der Waals surface area (Å²) in [5, 5.41) is 9.69.